The second-order valence-electron chi connectivity index (χ2n) is 8.96. The van der Waals surface area contributed by atoms with Gasteiger partial charge in [0, 0.05) is 0 Å². The summed E-state index contributed by atoms with van der Waals surface area (Å²) in [7, 11) is 2.12. The van der Waals surface area contributed by atoms with Gasteiger partial charge in [-0.25, -0.2) is 9.55 Å². The van der Waals surface area contributed by atoms with E-state index in [1.54, 1.807) is 0 Å². The molecule has 0 atom stereocenters. The van der Waals surface area contributed by atoms with Crippen LogP contribution in [0, 0.1) is 6.92 Å². The first kappa shape index (κ1) is 18.6. The van der Waals surface area contributed by atoms with E-state index in [0.717, 1.165) is 39.3 Å². The van der Waals surface area contributed by atoms with E-state index in [4.69, 9.17) is 4.42 Å². The second-order valence-corrected chi connectivity index (χ2v) is 8.96. The lowest BCUT2D eigenvalue weighted by atomic mass is 9.87. The molecule has 5 aromatic rings. The van der Waals surface area contributed by atoms with Crippen LogP contribution in [0.1, 0.15) is 31.9 Å². The van der Waals surface area contributed by atoms with Crippen molar-refractivity contribution in [2.45, 2.75) is 33.1 Å². The van der Waals surface area contributed by atoms with E-state index in [0.29, 0.717) is 0 Å². The van der Waals surface area contributed by atoms with E-state index in [1.165, 1.54) is 17.5 Å². The van der Waals surface area contributed by atoms with Crippen LogP contribution in [0.15, 0.2) is 71.5 Å². The Kier molecular flexibility index (Phi) is 4.07. The minimum atomic E-state index is 0.118. The average molecular weight is 397 g/mol. The van der Waals surface area contributed by atoms with Crippen molar-refractivity contribution in [3.8, 4) is 17.1 Å². The summed E-state index contributed by atoms with van der Waals surface area (Å²) in [6.45, 7) is 8.85. The highest BCUT2D eigenvalue weighted by molar-refractivity contribution is 5.92. The number of imidazole rings is 1. The molecule has 0 aliphatic rings. The van der Waals surface area contributed by atoms with Gasteiger partial charge in [-0.1, -0.05) is 51.1 Å². The van der Waals surface area contributed by atoms with Crippen molar-refractivity contribution in [2.75, 3.05) is 0 Å². The van der Waals surface area contributed by atoms with Gasteiger partial charge in [0.1, 0.15) is 16.8 Å². The van der Waals surface area contributed by atoms with Crippen LogP contribution in [0.3, 0.4) is 0 Å². The molecular formula is C26H26N3O+. The first-order chi connectivity index (χ1) is 14.4. The summed E-state index contributed by atoms with van der Waals surface area (Å²) in [5.74, 6) is 1.08. The van der Waals surface area contributed by atoms with Gasteiger partial charge in [-0.15, -0.1) is 0 Å². The molecule has 0 bridgehead atoms. The quantitative estimate of drug-likeness (QED) is 0.350. The molecule has 0 aliphatic carbocycles. The Bertz CT molecular complexity index is 1380. The third-order valence-electron chi connectivity index (χ3n) is 5.94. The topological polar surface area (TPSA) is 34.8 Å². The van der Waals surface area contributed by atoms with Gasteiger partial charge in [0.05, 0.1) is 7.05 Å². The lowest BCUT2D eigenvalue weighted by molar-refractivity contribution is -0.633. The average Bonchev–Trinajstić information content (AvgIpc) is 3.31. The van der Waals surface area contributed by atoms with Gasteiger partial charge in [0.15, 0.2) is 23.0 Å². The van der Waals surface area contributed by atoms with Gasteiger partial charge >= 0.3 is 0 Å². The van der Waals surface area contributed by atoms with Gasteiger partial charge in [0.2, 0.25) is 0 Å². The van der Waals surface area contributed by atoms with Crippen LogP contribution >= 0.6 is 0 Å². The van der Waals surface area contributed by atoms with Crippen molar-refractivity contribution in [3.63, 3.8) is 0 Å². The highest BCUT2D eigenvalue weighted by Gasteiger charge is 2.30. The van der Waals surface area contributed by atoms with E-state index in [2.05, 4.69) is 103 Å². The molecule has 0 fully saturated rings. The van der Waals surface area contributed by atoms with Gasteiger partial charge < -0.3 is 4.42 Å². The van der Waals surface area contributed by atoms with Crippen LogP contribution in [0.25, 0.3) is 39.2 Å². The molecule has 2 heterocycles. The molecule has 0 radical (unpaired) electrons. The normalized spacial score (nSPS) is 12.2. The molecule has 4 heteroatoms. The standard InChI is InChI=1S/C26H26N3O/c1-17-10-15-20-24(30-16-27-20)23(17)25-28(5)21-8-6-7-9-22(21)29(25)19-13-11-18(12-14-19)26(2,3)4/h6-16H,1-5H3/q+1. The summed E-state index contributed by atoms with van der Waals surface area (Å²) in [5, 5.41) is 0. The Morgan fingerprint density at radius 3 is 2.40 bits per heavy atom. The molecule has 30 heavy (non-hydrogen) atoms. The molecule has 2 aromatic heterocycles. The molecule has 4 nitrogen and oxygen atoms in total. The molecule has 3 aromatic carbocycles. The van der Waals surface area contributed by atoms with Crippen LogP contribution in [-0.4, -0.2) is 9.55 Å². The summed E-state index contributed by atoms with van der Waals surface area (Å²) >= 11 is 0. The Morgan fingerprint density at radius 2 is 1.67 bits per heavy atom. The Hall–Kier alpha value is -3.40. The molecule has 0 unspecified atom stereocenters. The van der Waals surface area contributed by atoms with Crippen molar-refractivity contribution >= 4 is 22.1 Å². The molecule has 0 N–H and O–H groups in total. The second kappa shape index (κ2) is 6.56. The summed E-state index contributed by atoms with van der Waals surface area (Å²) in [5.41, 5.74) is 8.82. The van der Waals surface area contributed by atoms with Crippen LogP contribution in [-0.2, 0) is 12.5 Å². The predicted molar refractivity (Wildman–Crippen MR) is 121 cm³/mol. The molecule has 0 amide bonds. The van der Waals surface area contributed by atoms with Crippen molar-refractivity contribution in [3.05, 3.63) is 78.2 Å². The molecule has 0 saturated heterocycles. The van der Waals surface area contributed by atoms with E-state index in [9.17, 15) is 0 Å². The molecule has 5 rings (SSSR count). The SMILES string of the molecule is Cc1ccc2ncoc2c1-c1n(-c2ccc(C(C)(C)C)cc2)c2ccccc2[n+]1C. The zero-order chi connectivity index (χ0) is 21.0. The Labute approximate surface area is 176 Å². The fourth-order valence-electron chi connectivity index (χ4n) is 4.27. The van der Waals surface area contributed by atoms with Crippen molar-refractivity contribution < 1.29 is 8.98 Å². The third kappa shape index (κ3) is 2.75. The third-order valence-corrected chi connectivity index (χ3v) is 5.94. The molecular weight excluding hydrogens is 370 g/mol. The van der Waals surface area contributed by atoms with Gasteiger partial charge in [-0.3, -0.25) is 0 Å². The maximum Gasteiger partial charge on any atom is 0.299 e. The van der Waals surface area contributed by atoms with Crippen molar-refractivity contribution in [1.29, 1.82) is 0 Å². The minimum absolute atomic E-state index is 0.118. The number of rotatable bonds is 2. The maximum absolute atomic E-state index is 5.85. The number of fused-ring (bicyclic) bond motifs is 2. The number of aryl methyl sites for hydroxylation is 2. The van der Waals surface area contributed by atoms with Gasteiger partial charge in [-0.2, -0.15) is 4.57 Å². The van der Waals surface area contributed by atoms with Gasteiger partial charge in [-0.05, 0) is 53.8 Å². The Balaban J connectivity index is 1.87. The van der Waals surface area contributed by atoms with E-state index in [-0.39, 0.29) is 5.41 Å². The van der Waals surface area contributed by atoms with Crippen molar-refractivity contribution in [1.82, 2.24) is 9.55 Å². The van der Waals surface area contributed by atoms with E-state index >= 15 is 0 Å². The number of nitrogens with zero attached hydrogens (tertiary/aromatic N) is 3. The lowest BCUT2D eigenvalue weighted by Crippen LogP contribution is -2.30. The number of hydrogen-bond acceptors (Lipinski definition) is 2. The van der Waals surface area contributed by atoms with Crippen LogP contribution in [0.2, 0.25) is 0 Å². The van der Waals surface area contributed by atoms with Crippen molar-refractivity contribution in [2.24, 2.45) is 7.05 Å². The number of benzene rings is 3. The zero-order valence-corrected chi connectivity index (χ0v) is 18.1. The van der Waals surface area contributed by atoms with Crippen LogP contribution in [0.4, 0.5) is 0 Å². The highest BCUT2D eigenvalue weighted by atomic mass is 16.3. The highest BCUT2D eigenvalue weighted by Crippen LogP contribution is 2.34. The van der Waals surface area contributed by atoms with E-state index in [1.807, 2.05) is 6.07 Å². The summed E-state index contributed by atoms with van der Waals surface area (Å²) in [6.07, 6.45) is 1.53. The molecule has 150 valence electrons. The van der Waals surface area contributed by atoms with Crippen LogP contribution < -0.4 is 4.57 Å². The predicted octanol–water partition coefficient (Wildman–Crippen LogP) is 5.87. The molecule has 0 aliphatic heterocycles. The molecule has 0 saturated carbocycles. The summed E-state index contributed by atoms with van der Waals surface area (Å²) in [4.78, 5) is 4.39. The first-order valence-electron chi connectivity index (χ1n) is 10.3. The summed E-state index contributed by atoms with van der Waals surface area (Å²) < 4.78 is 10.4. The fraction of sp³-hybridized carbons (Fsp3) is 0.231. The minimum Gasteiger partial charge on any atom is -0.443 e. The van der Waals surface area contributed by atoms with E-state index < -0.39 is 0 Å². The number of hydrogen-bond donors (Lipinski definition) is 0. The smallest absolute Gasteiger partial charge is 0.299 e. The largest absolute Gasteiger partial charge is 0.443 e. The number of para-hydroxylation sites is 2. The first-order valence-corrected chi connectivity index (χ1v) is 10.3. The Morgan fingerprint density at radius 1 is 0.933 bits per heavy atom. The summed E-state index contributed by atoms with van der Waals surface area (Å²) in [6, 6.07) is 21.5. The van der Waals surface area contributed by atoms with Gasteiger partial charge in [0.25, 0.3) is 5.82 Å². The maximum atomic E-state index is 5.85. The number of oxazole rings is 1. The van der Waals surface area contributed by atoms with Crippen LogP contribution in [0.5, 0.6) is 0 Å². The molecule has 0 spiro atoms. The fourth-order valence-corrected chi connectivity index (χ4v) is 4.27. The number of aromatic nitrogens is 3. The lowest BCUT2D eigenvalue weighted by Gasteiger charge is -2.18. The zero-order valence-electron chi connectivity index (χ0n) is 18.1. The monoisotopic (exact) mass is 396 g/mol.